The van der Waals surface area contributed by atoms with Gasteiger partial charge in [0.05, 0.1) is 30.1 Å². The number of aromatic nitrogens is 2. The molecule has 0 saturated carbocycles. The van der Waals surface area contributed by atoms with E-state index in [0.717, 1.165) is 55.6 Å². The van der Waals surface area contributed by atoms with Crippen LogP contribution in [0.3, 0.4) is 0 Å². The van der Waals surface area contributed by atoms with Crippen molar-refractivity contribution in [2.45, 2.75) is 0 Å². The number of carbonyl (C=O) groups excluding carboxylic acids is 1. The first kappa shape index (κ1) is 19.5. The van der Waals surface area contributed by atoms with Gasteiger partial charge in [-0.1, -0.05) is 0 Å². The van der Waals surface area contributed by atoms with Gasteiger partial charge in [-0.3, -0.25) is 4.79 Å². The molecular formula is C22H22N7O2S+. The first-order valence-corrected chi connectivity index (χ1v) is 11.8. The van der Waals surface area contributed by atoms with Gasteiger partial charge in [-0.2, -0.15) is 14.8 Å². The molecule has 1 atom stereocenters. The van der Waals surface area contributed by atoms with E-state index in [4.69, 9.17) is 9.68 Å². The predicted molar refractivity (Wildman–Crippen MR) is 120 cm³/mol. The van der Waals surface area contributed by atoms with E-state index in [1.165, 1.54) is 6.20 Å². The average molecular weight is 449 g/mol. The lowest BCUT2D eigenvalue weighted by molar-refractivity contribution is -0.948. The average Bonchev–Trinajstić information content (AvgIpc) is 3.61. The van der Waals surface area contributed by atoms with Crippen LogP contribution < -0.4 is 4.90 Å². The van der Waals surface area contributed by atoms with Gasteiger partial charge in [0.2, 0.25) is 5.65 Å². The van der Waals surface area contributed by atoms with Gasteiger partial charge in [0.15, 0.2) is 11.3 Å². The third-order valence-corrected chi connectivity index (χ3v) is 7.46. The van der Waals surface area contributed by atoms with E-state index in [0.29, 0.717) is 33.9 Å². The number of fused-ring (bicyclic) bond motifs is 2. The van der Waals surface area contributed by atoms with Crippen molar-refractivity contribution in [1.82, 2.24) is 19.9 Å². The molecule has 4 aliphatic rings. The number of amides is 1. The maximum atomic E-state index is 13.0. The van der Waals surface area contributed by atoms with Crippen LogP contribution in [0.2, 0.25) is 0 Å². The lowest BCUT2D eigenvalue weighted by Crippen LogP contribution is -2.60. The summed E-state index contributed by atoms with van der Waals surface area (Å²) in [6.45, 7) is 4.64. The molecule has 32 heavy (non-hydrogen) atoms. The molecule has 1 amide bonds. The highest BCUT2D eigenvalue weighted by Gasteiger charge is 2.48. The Kier molecular flexibility index (Phi) is 4.57. The summed E-state index contributed by atoms with van der Waals surface area (Å²) in [5.41, 5.74) is 3.55. The fourth-order valence-corrected chi connectivity index (χ4v) is 5.75. The quantitative estimate of drug-likeness (QED) is 0.657. The molecule has 2 fully saturated rings. The van der Waals surface area contributed by atoms with Crippen LogP contribution in [0.5, 0.6) is 0 Å². The van der Waals surface area contributed by atoms with Crippen molar-refractivity contribution in [2.75, 3.05) is 55.8 Å². The van der Waals surface area contributed by atoms with Gasteiger partial charge in [0.1, 0.15) is 18.8 Å². The van der Waals surface area contributed by atoms with Crippen LogP contribution in [0.4, 0.5) is 6.01 Å². The molecule has 162 valence electrons. The van der Waals surface area contributed by atoms with E-state index >= 15 is 0 Å². The lowest BCUT2D eigenvalue weighted by Gasteiger charge is -2.43. The highest BCUT2D eigenvalue weighted by molar-refractivity contribution is 7.99. The first-order chi connectivity index (χ1) is 15.7. The Bertz CT molecular complexity index is 1230. The number of piperazine rings is 1. The number of quaternary nitrogens is 1. The van der Waals surface area contributed by atoms with Crippen molar-refractivity contribution in [1.29, 1.82) is 5.26 Å². The maximum absolute atomic E-state index is 13.0. The smallest absolute Gasteiger partial charge is 0.300 e. The van der Waals surface area contributed by atoms with E-state index in [-0.39, 0.29) is 5.91 Å². The van der Waals surface area contributed by atoms with E-state index in [2.05, 4.69) is 50.4 Å². The van der Waals surface area contributed by atoms with Gasteiger partial charge in [0.25, 0.3) is 11.9 Å². The summed E-state index contributed by atoms with van der Waals surface area (Å²) in [5, 5.41) is 11.5. The Balaban J connectivity index is 1.17. The van der Waals surface area contributed by atoms with Crippen molar-refractivity contribution < 1.29 is 13.8 Å². The number of nitriles is 1. The molecule has 4 aliphatic heterocycles. The van der Waals surface area contributed by atoms with Crippen LogP contribution in [0.25, 0.3) is 11.2 Å². The van der Waals surface area contributed by atoms with E-state index in [1.54, 1.807) is 6.07 Å². The molecule has 2 aromatic heterocycles. The third-order valence-electron chi connectivity index (χ3n) is 6.49. The Morgan fingerprint density at radius 1 is 1.25 bits per heavy atom. The number of oxazole rings is 1. The minimum atomic E-state index is 0.172. The number of thioether (sulfide) groups is 1. The number of hydrogen-bond acceptors (Lipinski definition) is 8. The normalized spacial score (nSPS) is 25.2. The molecule has 6 heterocycles. The maximum Gasteiger partial charge on any atom is 0.300 e. The zero-order valence-electron chi connectivity index (χ0n) is 17.5. The molecular weight excluding hydrogens is 426 g/mol. The summed E-state index contributed by atoms with van der Waals surface area (Å²) in [6, 6.07) is 4.29. The van der Waals surface area contributed by atoms with Crippen LogP contribution >= 0.6 is 11.8 Å². The second-order valence-corrected chi connectivity index (χ2v) is 9.36. The van der Waals surface area contributed by atoms with Crippen molar-refractivity contribution in [3.63, 3.8) is 0 Å². The van der Waals surface area contributed by atoms with Gasteiger partial charge in [-0.15, -0.1) is 16.8 Å². The SMILES string of the molecule is N#Cc1cnc2nc(N3CCN([N@@+]45C=CC=C4C=C(C(=O)N4CCSC4)C5)CC3)oc2c1. The number of hydrogen-bond donors (Lipinski definition) is 0. The van der Waals surface area contributed by atoms with Crippen molar-refractivity contribution >= 4 is 34.9 Å². The minimum Gasteiger partial charge on any atom is -0.422 e. The predicted octanol–water partition coefficient (Wildman–Crippen LogP) is 1.83. The zero-order chi connectivity index (χ0) is 21.7. The largest absolute Gasteiger partial charge is 0.422 e. The molecule has 0 spiro atoms. The summed E-state index contributed by atoms with van der Waals surface area (Å²) in [7, 11) is 0. The Hall–Kier alpha value is -3.13. The topological polar surface area (TPSA) is 89.5 Å². The van der Waals surface area contributed by atoms with Gasteiger partial charge in [-0.05, 0) is 6.08 Å². The fourth-order valence-electron chi connectivity index (χ4n) is 4.80. The number of allylic oxidation sites excluding steroid dienone is 3. The molecule has 0 radical (unpaired) electrons. The number of anilines is 1. The van der Waals surface area contributed by atoms with E-state index < -0.39 is 0 Å². The Labute approximate surface area is 189 Å². The summed E-state index contributed by atoms with van der Waals surface area (Å²) in [5.74, 6) is 1.98. The number of carbonyl (C=O) groups is 1. The number of nitrogens with zero attached hydrogens (tertiary/aromatic N) is 7. The third kappa shape index (κ3) is 3.04. The molecule has 2 saturated heterocycles. The standard InChI is InChI=1S/C22H22N7O2S/c23-12-16-10-19-20(24-13-16)25-22(31-19)26-3-5-28(6-4-26)29-8-1-2-18(29)11-17(14-29)21(30)27-7-9-32-15-27/h1-2,8,10-11,13H,3-7,9,14-15H2/q+1/t29-/m1/s1. The van der Waals surface area contributed by atoms with Crippen molar-refractivity contribution in [3.05, 3.63) is 53.5 Å². The Morgan fingerprint density at radius 3 is 2.91 bits per heavy atom. The second kappa shape index (κ2) is 7.48. The van der Waals surface area contributed by atoms with Crippen LogP contribution in [0.1, 0.15) is 5.56 Å². The fraction of sp³-hybridized carbons (Fsp3) is 0.364. The van der Waals surface area contributed by atoms with Crippen LogP contribution in [-0.2, 0) is 4.79 Å². The number of rotatable bonds is 3. The molecule has 2 aromatic rings. The molecule has 0 bridgehead atoms. The number of pyridine rings is 1. The van der Waals surface area contributed by atoms with E-state index in [1.807, 2.05) is 16.7 Å². The molecule has 9 nitrogen and oxygen atoms in total. The van der Waals surface area contributed by atoms with Crippen LogP contribution in [0.15, 0.2) is 52.4 Å². The molecule has 10 heteroatoms. The van der Waals surface area contributed by atoms with Gasteiger partial charge >= 0.3 is 0 Å². The van der Waals surface area contributed by atoms with Crippen molar-refractivity contribution in [2.24, 2.45) is 0 Å². The van der Waals surface area contributed by atoms with Gasteiger partial charge < -0.3 is 14.2 Å². The highest BCUT2D eigenvalue weighted by Crippen LogP contribution is 2.38. The molecule has 0 unspecified atom stereocenters. The van der Waals surface area contributed by atoms with Crippen molar-refractivity contribution in [3.8, 4) is 6.07 Å². The Morgan fingerprint density at radius 2 is 2.12 bits per heavy atom. The second-order valence-electron chi connectivity index (χ2n) is 8.29. The lowest BCUT2D eigenvalue weighted by atomic mass is 10.2. The highest BCUT2D eigenvalue weighted by atomic mass is 32.2. The summed E-state index contributed by atoms with van der Waals surface area (Å²) >= 11 is 1.81. The van der Waals surface area contributed by atoms with E-state index in [9.17, 15) is 4.79 Å². The molecule has 0 N–H and O–H groups in total. The van der Waals surface area contributed by atoms with Gasteiger partial charge in [-0.25, -0.2) is 4.98 Å². The van der Waals surface area contributed by atoms with Crippen LogP contribution in [0, 0.1) is 11.3 Å². The summed E-state index contributed by atoms with van der Waals surface area (Å²) in [6.07, 6.45) is 9.98. The summed E-state index contributed by atoms with van der Waals surface area (Å²) in [4.78, 5) is 25.8. The minimum absolute atomic E-state index is 0.172. The first-order valence-electron chi connectivity index (χ1n) is 10.7. The molecule has 0 aromatic carbocycles. The molecule has 0 aliphatic carbocycles. The van der Waals surface area contributed by atoms with Gasteiger partial charge in [0, 0.05) is 49.8 Å². The summed E-state index contributed by atoms with van der Waals surface area (Å²) < 4.78 is 6.48. The zero-order valence-corrected chi connectivity index (χ0v) is 18.3. The molecule has 6 rings (SSSR count). The van der Waals surface area contributed by atoms with Crippen LogP contribution in [-0.4, -0.2) is 81.3 Å². The monoisotopic (exact) mass is 448 g/mol.